The molecule has 0 saturated carbocycles. The molecule has 2 aromatic carbocycles. The molecule has 2 heterocycles. The van der Waals surface area contributed by atoms with E-state index in [0.29, 0.717) is 37.8 Å². The summed E-state index contributed by atoms with van der Waals surface area (Å²) >= 11 is 0. The first kappa shape index (κ1) is 22.5. The van der Waals surface area contributed by atoms with Gasteiger partial charge in [-0.05, 0) is 54.7 Å². The van der Waals surface area contributed by atoms with Crippen LogP contribution in [0.4, 0.5) is 4.39 Å². The minimum absolute atomic E-state index is 0.0368. The highest BCUT2D eigenvalue weighted by Crippen LogP contribution is 2.34. The Labute approximate surface area is 187 Å². The highest BCUT2D eigenvalue weighted by atomic mass is 32.2. The number of hydrogen-bond acceptors (Lipinski definition) is 5. The van der Waals surface area contributed by atoms with Gasteiger partial charge in [0.05, 0.1) is 6.04 Å². The van der Waals surface area contributed by atoms with E-state index >= 15 is 0 Å². The van der Waals surface area contributed by atoms with Gasteiger partial charge in [-0.3, -0.25) is 4.79 Å². The van der Waals surface area contributed by atoms with Crippen LogP contribution in [0.25, 0.3) is 0 Å². The molecule has 2 aliphatic heterocycles. The molecule has 9 heteroatoms. The number of rotatable bonds is 6. The van der Waals surface area contributed by atoms with Crippen LogP contribution >= 0.6 is 0 Å². The van der Waals surface area contributed by atoms with Crippen LogP contribution in [0.2, 0.25) is 0 Å². The molecule has 172 valence electrons. The minimum atomic E-state index is -3.98. The number of amides is 1. The smallest absolute Gasteiger partial charge is 0.251 e. The van der Waals surface area contributed by atoms with Crippen molar-refractivity contribution < 1.29 is 27.1 Å². The number of carbonyl (C=O) groups excluding carboxylic acids is 1. The average molecular weight is 463 g/mol. The zero-order valence-corrected chi connectivity index (χ0v) is 19.0. The molecule has 7 nitrogen and oxygen atoms in total. The summed E-state index contributed by atoms with van der Waals surface area (Å²) in [6.45, 7) is 5.60. The third-order valence-corrected chi connectivity index (χ3v) is 7.67. The van der Waals surface area contributed by atoms with Crippen molar-refractivity contribution in [3.8, 4) is 11.5 Å². The van der Waals surface area contributed by atoms with Crippen molar-refractivity contribution in [2.75, 3.05) is 26.3 Å². The van der Waals surface area contributed by atoms with Crippen LogP contribution in [0.3, 0.4) is 0 Å². The monoisotopic (exact) mass is 462 g/mol. The third-order valence-electron chi connectivity index (χ3n) is 5.75. The van der Waals surface area contributed by atoms with Crippen molar-refractivity contribution in [1.29, 1.82) is 0 Å². The lowest BCUT2D eigenvalue weighted by Gasteiger charge is -2.25. The summed E-state index contributed by atoms with van der Waals surface area (Å²) < 4.78 is 52.6. The van der Waals surface area contributed by atoms with E-state index in [1.54, 1.807) is 0 Å². The molecule has 0 aromatic heterocycles. The molecule has 2 aromatic rings. The second kappa shape index (κ2) is 9.07. The summed E-state index contributed by atoms with van der Waals surface area (Å²) in [6, 6.07) is 8.62. The van der Waals surface area contributed by atoms with Crippen molar-refractivity contribution in [2.24, 2.45) is 5.92 Å². The number of fused-ring (bicyclic) bond motifs is 1. The molecule has 1 saturated heterocycles. The summed E-state index contributed by atoms with van der Waals surface area (Å²) in [4.78, 5) is 12.6. The van der Waals surface area contributed by atoms with E-state index in [2.05, 4.69) is 5.32 Å². The molecule has 1 N–H and O–H groups in total. The zero-order valence-electron chi connectivity index (χ0n) is 18.1. The first-order valence-corrected chi connectivity index (χ1v) is 12.2. The number of nitrogens with zero attached hydrogens (tertiary/aromatic N) is 1. The summed E-state index contributed by atoms with van der Waals surface area (Å²) in [6.07, 6.45) is 1.49. The van der Waals surface area contributed by atoms with Crippen LogP contribution < -0.4 is 14.8 Å². The first-order valence-electron chi connectivity index (χ1n) is 10.8. The maximum atomic E-state index is 14.4. The predicted molar refractivity (Wildman–Crippen MR) is 117 cm³/mol. The molecule has 1 amide bonds. The molecule has 32 heavy (non-hydrogen) atoms. The average Bonchev–Trinajstić information content (AvgIpc) is 3.33. The van der Waals surface area contributed by atoms with Gasteiger partial charge in [0, 0.05) is 18.7 Å². The molecule has 0 aliphatic carbocycles. The lowest BCUT2D eigenvalue weighted by molar-refractivity contribution is 0.0925. The summed E-state index contributed by atoms with van der Waals surface area (Å²) in [5, 5.41) is 2.96. The maximum Gasteiger partial charge on any atom is 0.251 e. The van der Waals surface area contributed by atoms with Crippen LogP contribution in [-0.4, -0.2) is 44.9 Å². The summed E-state index contributed by atoms with van der Waals surface area (Å²) in [7, 11) is -3.98. The fourth-order valence-corrected chi connectivity index (χ4v) is 5.63. The molecule has 0 spiro atoms. The predicted octanol–water partition coefficient (Wildman–Crippen LogP) is 3.51. The highest BCUT2D eigenvalue weighted by molar-refractivity contribution is 7.89. The SMILES string of the molecule is CC(C)C(NC(=O)c1ccc(F)c(S(=O)(=O)N2CCCC2)c1)c1ccc2c(c1)OCCO2. The summed E-state index contributed by atoms with van der Waals surface area (Å²) in [5.74, 6) is -0.0227. The molecule has 1 fully saturated rings. The Hall–Kier alpha value is -2.65. The van der Waals surface area contributed by atoms with E-state index in [1.807, 2.05) is 32.0 Å². The Bertz CT molecular complexity index is 1110. The molecule has 1 atom stereocenters. The summed E-state index contributed by atoms with van der Waals surface area (Å²) in [5.41, 5.74) is 0.928. The second-order valence-corrected chi connectivity index (χ2v) is 10.3. The molecule has 1 unspecified atom stereocenters. The number of ether oxygens (including phenoxy) is 2. The van der Waals surface area contributed by atoms with Crippen LogP contribution in [0.5, 0.6) is 11.5 Å². The van der Waals surface area contributed by atoms with E-state index in [4.69, 9.17) is 9.47 Å². The maximum absolute atomic E-state index is 14.4. The van der Waals surface area contributed by atoms with Gasteiger partial charge in [0.2, 0.25) is 10.0 Å². The first-order chi connectivity index (χ1) is 15.3. The largest absolute Gasteiger partial charge is 0.486 e. The Morgan fingerprint density at radius 2 is 1.72 bits per heavy atom. The van der Waals surface area contributed by atoms with Crippen LogP contribution in [0.15, 0.2) is 41.3 Å². The van der Waals surface area contributed by atoms with E-state index in [1.165, 1.54) is 10.4 Å². The third kappa shape index (κ3) is 4.45. The van der Waals surface area contributed by atoms with Gasteiger partial charge in [-0.2, -0.15) is 4.31 Å². The second-order valence-electron chi connectivity index (χ2n) is 8.35. The number of hydrogen-bond donors (Lipinski definition) is 1. The number of nitrogens with one attached hydrogen (secondary N) is 1. The van der Waals surface area contributed by atoms with Gasteiger partial charge in [0.1, 0.15) is 23.9 Å². The molecule has 0 radical (unpaired) electrons. The fraction of sp³-hybridized carbons (Fsp3) is 0.435. The van der Waals surface area contributed by atoms with Gasteiger partial charge < -0.3 is 14.8 Å². The lowest BCUT2D eigenvalue weighted by Crippen LogP contribution is -2.32. The van der Waals surface area contributed by atoms with Crippen molar-refractivity contribution in [3.05, 3.63) is 53.3 Å². The van der Waals surface area contributed by atoms with Crippen LogP contribution in [0, 0.1) is 11.7 Å². The van der Waals surface area contributed by atoms with E-state index < -0.39 is 26.6 Å². The minimum Gasteiger partial charge on any atom is -0.486 e. The van der Waals surface area contributed by atoms with Gasteiger partial charge in [-0.25, -0.2) is 12.8 Å². The lowest BCUT2D eigenvalue weighted by atomic mass is 9.95. The van der Waals surface area contributed by atoms with Crippen molar-refractivity contribution in [3.63, 3.8) is 0 Å². The van der Waals surface area contributed by atoms with E-state index in [-0.39, 0.29) is 17.5 Å². The van der Waals surface area contributed by atoms with Gasteiger partial charge in [0.15, 0.2) is 11.5 Å². The van der Waals surface area contributed by atoms with Gasteiger partial charge in [-0.1, -0.05) is 19.9 Å². The number of halogens is 1. The highest BCUT2D eigenvalue weighted by Gasteiger charge is 2.31. The van der Waals surface area contributed by atoms with Crippen LogP contribution in [-0.2, 0) is 10.0 Å². The van der Waals surface area contributed by atoms with Gasteiger partial charge in [0.25, 0.3) is 5.91 Å². The zero-order chi connectivity index (χ0) is 22.9. The van der Waals surface area contributed by atoms with Crippen LogP contribution in [0.1, 0.15) is 48.7 Å². The number of sulfonamides is 1. The Kier molecular flexibility index (Phi) is 6.39. The van der Waals surface area contributed by atoms with Gasteiger partial charge in [-0.15, -0.1) is 0 Å². The Morgan fingerprint density at radius 3 is 2.41 bits per heavy atom. The molecular weight excluding hydrogens is 435 g/mol. The molecule has 4 rings (SSSR count). The Morgan fingerprint density at radius 1 is 1.03 bits per heavy atom. The van der Waals surface area contributed by atoms with E-state index in [0.717, 1.165) is 30.5 Å². The van der Waals surface area contributed by atoms with Gasteiger partial charge >= 0.3 is 0 Å². The fourth-order valence-electron chi connectivity index (χ4n) is 4.02. The van der Waals surface area contributed by atoms with Crippen molar-refractivity contribution in [2.45, 2.75) is 37.6 Å². The van der Waals surface area contributed by atoms with Crippen molar-refractivity contribution in [1.82, 2.24) is 9.62 Å². The molecule has 0 bridgehead atoms. The standard InChI is InChI=1S/C23H27FN2O5S/c1-15(2)22(16-6-8-19-20(13-16)31-12-11-30-19)25-23(27)17-5-7-18(24)21(14-17)32(28,29)26-9-3-4-10-26/h5-8,13-15,22H,3-4,9-12H2,1-2H3,(H,25,27). The normalized spacial score (nSPS) is 17.4. The van der Waals surface area contributed by atoms with Crippen molar-refractivity contribution >= 4 is 15.9 Å². The topological polar surface area (TPSA) is 84.9 Å². The molecular formula is C23H27FN2O5S. The number of carbonyl (C=O) groups is 1. The van der Waals surface area contributed by atoms with E-state index in [9.17, 15) is 17.6 Å². The Balaban J connectivity index is 1.59. The number of benzene rings is 2. The molecule has 2 aliphatic rings. The quantitative estimate of drug-likeness (QED) is 0.710.